The molecule has 0 fully saturated rings. The second-order valence-electron chi connectivity index (χ2n) is 4.66. The lowest BCUT2D eigenvalue weighted by Gasteiger charge is -2.28. The van der Waals surface area contributed by atoms with E-state index in [4.69, 9.17) is 4.74 Å². The number of ether oxygens (including phenoxy) is 1. The maximum Gasteiger partial charge on any atom is 0.325 e. The molecule has 0 saturated carbocycles. The average molecular weight is 260 g/mol. The van der Waals surface area contributed by atoms with Gasteiger partial charge in [0.2, 0.25) is 0 Å². The van der Waals surface area contributed by atoms with Crippen LogP contribution in [0.1, 0.15) is 31.9 Å². The number of carbonyl (C=O) groups excluding carboxylic acids is 1. The van der Waals surface area contributed by atoms with E-state index in [1.54, 1.807) is 6.92 Å². The maximum atomic E-state index is 11.7. The van der Waals surface area contributed by atoms with Gasteiger partial charge < -0.3 is 9.64 Å². The molecule has 0 amide bonds. The van der Waals surface area contributed by atoms with E-state index in [0.717, 1.165) is 11.3 Å². The normalized spacial score (nSPS) is 10.1. The minimum atomic E-state index is -0.277. The summed E-state index contributed by atoms with van der Waals surface area (Å²) in [6, 6.07) is 7.95. The summed E-state index contributed by atoms with van der Waals surface area (Å²) in [7, 11) is 0. The van der Waals surface area contributed by atoms with E-state index >= 15 is 0 Å². The molecule has 19 heavy (non-hydrogen) atoms. The Hall–Kier alpha value is -2.02. The zero-order valence-corrected chi connectivity index (χ0v) is 11.9. The minimum Gasteiger partial charge on any atom is -0.465 e. The molecule has 0 aliphatic carbocycles. The van der Waals surface area contributed by atoms with Crippen LogP contribution < -0.4 is 4.90 Å². The highest BCUT2D eigenvalue weighted by Gasteiger charge is 2.18. The van der Waals surface area contributed by atoms with Crippen molar-refractivity contribution in [1.29, 1.82) is 5.26 Å². The van der Waals surface area contributed by atoms with Gasteiger partial charge in [0.1, 0.15) is 12.6 Å². The Morgan fingerprint density at radius 3 is 2.68 bits per heavy atom. The van der Waals surface area contributed by atoms with Crippen molar-refractivity contribution in [2.45, 2.75) is 33.7 Å². The van der Waals surface area contributed by atoms with Gasteiger partial charge in [0.25, 0.3) is 0 Å². The number of nitrogens with zero attached hydrogens (tertiary/aromatic N) is 2. The van der Waals surface area contributed by atoms with E-state index < -0.39 is 0 Å². The molecule has 0 atom stereocenters. The first kappa shape index (κ1) is 15.0. The van der Waals surface area contributed by atoms with Gasteiger partial charge in [0.15, 0.2) is 0 Å². The lowest BCUT2D eigenvalue weighted by molar-refractivity contribution is -0.141. The Morgan fingerprint density at radius 1 is 1.47 bits per heavy atom. The third-order valence-electron chi connectivity index (χ3n) is 2.81. The zero-order valence-electron chi connectivity index (χ0n) is 11.9. The molecule has 0 heterocycles. The van der Waals surface area contributed by atoms with E-state index in [9.17, 15) is 10.1 Å². The number of anilines is 1. The van der Waals surface area contributed by atoms with Crippen LogP contribution in [0.3, 0.4) is 0 Å². The molecular weight excluding hydrogens is 240 g/mol. The Balaban J connectivity index is 3.06. The molecule has 1 aromatic carbocycles. The van der Waals surface area contributed by atoms with Gasteiger partial charge in [-0.25, -0.2) is 0 Å². The summed E-state index contributed by atoms with van der Waals surface area (Å²) in [5, 5.41) is 9.22. The van der Waals surface area contributed by atoms with Crippen LogP contribution in [0.2, 0.25) is 0 Å². The van der Waals surface area contributed by atoms with Gasteiger partial charge in [-0.05, 0) is 45.4 Å². The molecule has 0 unspecified atom stereocenters. The third-order valence-corrected chi connectivity index (χ3v) is 2.81. The van der Waals surface area contributed by atoms with Crippen molar-refractivity contribution in [3.63, 3.8) is 0 Å². The number of esters is 1. The molecule has 102 valence electrons. The number of nitriles is 1. The van der Waals surface area contributed by atoms with Gasteiger partial charge in [0.05, 0.1) is 17.9 Å². The van der Waals surface area contributed by atoms with Crippen molar-refractivity contribution in [1.82, 2.24) is 0 Å². The van der Waals surface area contributed by atoms with Gasteiger partial charge in [-0.2, -0.15) is 5.26 Å². The quantitative estimate of drug-likeness (QED) is 0.764. The molecule has 4 nitrogen and oxygen atoms in total. The Kier molecular flexibility index (Phi) is 5.37. The number of rotatable bonds is 5. The number of aryl methyl sites for hydroxylation is 1. The Bertz CT molecular complexity index is 489. The number of hydrogen-bond donors (Lipinski definition) is 0. The van der Waals surface area contributed by atoms with Crippen LogP contribution in [0.25, 0.3) is 0 Å². The molecule has 0 aliphatic rings. The van der Waals surface area contributed by atoms with Crippen molar-refractivity contribution in [2.75, 3.05) is 18.1 Å². The number of benzene rings is 1. The van der Waals surface area contributed by atoms with E-state index in [-0.39, 0.29) is 18.6 Å². The second-order valence-corrected chi connectivity index (χ2v) is 4.66. The Labute approximate surface area is 114 Å². The average Bonchev–Trinajstić information content (AvgIpc) is 2.36. The molecule has 4 heteroatoms. The smallest absolute Gasteiger partial charge is 0.325 e. The monoisotopic (exact) mass is 260 g/mol. The molecule has 0 aromatic heterocycles. The Morgan fingerprint density at radius 2 is 2.16 bits per heavy atom. The highest BCUT2D eigenvalue weighted by atomic mass is 16.5. The zero-order chi connectivity index (χ0) is 14.4. The van der Waals surface area contributed by atoms with Crippen molar-refractivity contribution < 1.29 is 9.53 Å². The minimum absolute atomic E-state index is 0.110. The second kappa shape index (κ2) is 6.79. The van der Waals surface area contributed by atoms with Crippen LogP contribution in [0.4, 0.5) is 5.69 Å². The molecule has 0 aliphatic heterocycles. The largest absolute Gasteiger partial charge is 0.465 e. The van der Waals surface area contributed by atoms with E-state index in [0.29, 0.717) is 12.2 Å². The molecule has 1 aromatic rings. The fourth-order valence-corrected chi connectivity index (χ4v) is 1.88. The summed E-state index contributed by atoms with van der Waals surface area (Å²) in [5.74, 6) is -0.277. The van der Waals surface area contributed by atoms with E-state index in [1.165, 1.54) is 0 Å². The highest BCUT2D eigenvalue weighted by molar-refractivity contribution is 5.77. The first-order valence-electron chi connectivity index (χ1n) is 6.42. The summed E-state index contributed by atoms with van der Waals surface area (Å²) in [4.78, 5) is 13.5. The van der Waals surface area contributed by atoms with Gasteiger partial charge in [0, 0.05) is 6.04 Å². The van der Waals surface area contributed by atoms with Gasteiger partial charge in [-0.1, -0.05) is 6.07 Å². The molecule has 0 N–H and O–H groups in total. The lowest BCUT2D eigenvalue weighted by Crippen LogP contribution is -2.37. The fourth-order valence-electron chi connectivity index (χ4n) is 1.88. The number of carbonyl (C=O) groups is 1. The van der Waals surface area contributed by atoms with E-state index in [1.807, 2.05) is 43.9 Å². The standard InChI is InChI=1S/C15H20N2O2/c1-5-19-15(18)10-17(11(2)3)14-7-6-12(4)8-13(14)9-16/h6-8,11H,5,10H2,1-4H3. The van der Waals surface area contributed by atoms with Crippen molar-refractivity contribution in [2.24, 2.45) is 0 Å². The van der Waals surface area contributed by atoms with Crippen molar-refractivity contribution in [3.8, 4) is 6.07 Å². The highest BCUT2D eigenvalue weighted by Crippen LogP contribution is 2.23. The lowest BCUT2D eigenvalue weighted by atomic mass is 10.1. The SMILES string of the molecule is CCOC(=O)CN(c1ccc(C)cc1C#N)C(C)C. The fraction of sp³-hybridized carbons (Fsp3) is 0.467. The van der Waals surface area contributed by atoms with Crippen LogP contribution in [0, 0.1) is 18.3 Å². The van der Waals surface area contributed by atoms with E-state index in [2.05, 4.69) is 6.07 Å². The predicted octanol–water partition coefficient (Wildman–Crippen LogP) is 2.64. The van der Waals surface area contributed by atoms with Gasteiger partial charge in [-0.3, -0.25) is 4.79 Å². The first-order chi connectivity index (χ1) is 8.99. The van der Waals surface area contributed by atoms with Crippen LogP contribution in [-0.2, 0) is 9.53 Å². The van der Waals surface area contributed by atoms with Crippen molar-refractivity contribution >= 4 is 11.7 Å². The van der Waals surface area contributed by atoms with Gasteiger partial charge in [-0.15, -0.1) is 0 Å². The van der Waals surface area contributed by atoms with Gasteiger partial charge >= 0.3 is 5.97 Å². The summed E-state index contributed by atoms with van der Waals surface area (Å²) in [6.07, 6.45) is 0. The third kappa shape index (κ3) is 3.99. The van der Waals surface area contributed by atoms with Crippen LogP contribution >= 0.6 is 0 Å². The van der Waals surface area contributed by atoms with Crippen LogP contribution in [-0.4, -0.2) is 25.2 Å². The van der Waals surface area contributed by atoms with Crippen molar-refractivity contribution in [3.05, 3.63) is 29.3 Å². The molecule has 0 saturated heterocycles. The molecule has 0 radical (unpaired) electrons. The molecule has 0 spiro atoms. The topological polar surface area (TPSA) is 53.3 Å². The summed E-state index contributed by atoms with van der Waals surface area (Å²) in [5.41, 5.74) is 2.38. The summed E-state index contributed by atoms with van der Waals surface area (Å²) >= 11 is 0. The predicted molar refractivity (Wildman–Crippen MR) is 75.0 cm³/mol. The summed E-state index contributed by atoms with van der Waals surface area (Å²) in [6.45, 7) is 8.22. The first-order valence-corrected chi connectivity index (χ1v) is 6.42. The van der Waals surface area contributed by atoms with Crippen LogP contribution in [0.15, 0.2) is 18.2 Å². The number of hydrogen-bond acceptors (Lipinski definition) is 4. The molecule has 1 rings (SSSR count). The maximum absolute atomic E-state index is 11.7. The molecular formula is C15H20N2O2. The molecule has 0 bridgehead atoms. The van der Waals surface area contributed by atoms with Crippen LogP contribution in [0.5, 0.6) is 0 Å². The summed E-state index contributed by atoms with van der Waals surface area (Å²) < 4.78 is 4.98.